The number of aliphatic imine (C=N–C) groups is 1. The van der Waals surface area contributed by atoms with E-state index < -0.39 is 11.9 Å². The number of aryl methyl sites for hydroxylation is 2. The molecule has 0 fully saturated rings. The van der Waals surface area contributed by atoms with Crippen LogP contribution in [0.25, 0.3) is 0 Å². The second kappa shape index (κ2) is 11.8. The van der Waals surface area contributed by atoms with E-state index in [1.807, 2.05) is 6.92 Å². The van der Waals surface area contributed by atoms with Crippen LogP contribution in [0.3, 0.4) is 0 Å². The van der Waals surface area contributed by atoms with Gasteiger partial charge in [-0.15, -0.1) is 45.5 Å². The van der Waals surface area contributed by atoms with E-state index in [4.69, 9.17) is 0 Å². The molecular weight excluding hydrogens is 530 g/mol. The summed E-state index contributed by atoms with van der Waals surface area (Å²) < 4.78 is 40.2. The lowest BCUT2D eigenvalue weighted by atomic mass is 10.2. The minimum Gasteiger partial charge on any atom is -0.357 e. The summed E-state index contributed by atoms with van der Waals surface area (Å²) in [5.41, 5.74) is -0.863. The highest BCUT2D eigenvalue weighted by molar-refractivity contribution is 14.0. The van der Waals surface area contributed by atoms with Crippen LogP contribution < -0.4 is 10.6 Å². The molecule has 0 radical (unpaired) electrons. The summed E-state index contributed by atoms with van der Waals surface area (Å²) in [6.07, 6.45) is 1.83. The number of hydrogen-bond acceptors (Lipinski definition) is 5. The maximum absolute atomic E-state index is 12.6. The first-order chi connectivity index (χ1) is 14.0. The fraction of sp³-hybridized carbons (Fsp3) is 0.667. The Morgan fingerprint density at radius 1 is 1.23 bits per heavy atom. The Hall–Kier alpha value is -1.44. The summed E-state index contributed by atoms with van der Waals surface area (Å²) in [6.45, 7) is 4.37. The number of nitrogens with zero attached hydrogens (tertiary/aromatic N) is 5. The van der Waals surface area contributed by atoms with Gasteiger partial charge in [-0.3, -0.25) is 0 Å². The summed E-state index contributed by atoms with van der Waals surface area (Å²) in [6, 6.07) is 0. The summed E-state index contributed by atoms with van der Waals surface area (Å²) in [5, 5.41) is 16.3. The Morgan fingerprint density at radius 2 is 2.07 bits per heavy atom. The van der Waals surface area contributed by atoms with Gasteiger partial charge in [0.2, 0.25) is 0 Å². The molecule has 0 saturated heterocycles. The summed E-state index contributed by atoms with van der Waals surface area (Å²) in [5.74, 6) is 2.67. The van der Waals surface area contributed by atoms with Crippen molar-refractivity contribution in [3.05, 3.63) is 27.7 Å². The second-order valence-electron chi connectivity index (χ2n) is 6.84. The van der Waals surface area contributed by atoms with E-state index in [9.17, 15) is 13.2 Å². The number of thiazole rings is 1. The monoisotopic (exact) mass is 557 g/mol. The molecule has 0 saturated carbocycles. The predicted molar refractivity (Wildman–Crippen MR) is 121 cm³/mol. The van der Waals surface area contributed by atoms with Crippen LogP contribution in [-0.4, -0.2) is 38.8 Å². The Morgan fingerprint density at radius 3 is 2.80 bits per heavy atom. The number of hydrogen-bond donors (Lipinski definition) is 2. The zero-order valence-electron chi connectivity index (χ0n) is 16.8. The third kappa shape index (κ3) is 7.06. The van der Waals surface area contributed by atoms with Crippen LogP contribution in [0.2, 0.25) is 0 Å². The van der Waals surface area contributed by atoms with Crippen molar-refractivity contribution in [1.82, 2.24) is 30.4 Å². The van der Waals surface area contributed by atoms with Crippen LogP contribution in [0.4, 0.5) is 13.2 Å². The van der Waals surface area contributed by atoms with Gasteiger partial charge in [-0.2, -0.15) is 13.2 Å². The number of rotatable bonds is 7. The van der Waals surface area contributed by atoms with Gasteiger partial charge in [0, 0.05) is 37.9 Å². The molecule has 0 amide bonds. The van der Waals surface area contributed by atoms with Gasteiger partial charge in [-0.05, 0) is 26.2 Å². The first-order valence-corrected chi connectivity index (χ1v) is 10.8. The van der Waals surface area contributed by atoms with Gasteiger partial charge in [-0.1, -0.05) is 6.42 Å². The van der Waals surface area contributed by atoms with Gasteiger partial charge >= 0.3 is 6.18 Å². The molecular formula is C18H27F3IN7S. The lowest BCUT2D eigenvalue weighted by Crippen LogP contribution is -2.37. The minimum absolute atomic E-state index is 0. The van der Waals surface area contributed by atoms with Crippen molar-refractivity contribution in [2.45, 2.75) is 64.7 Å². The molecule has 30 heavy (non-hydrogen) atoms. The smallest absolute Gasteiger partial charge is 0.357 e. The highest BCUT2D eigenvalue weighted by Gasteiger charge is 2.33. The highest BCUT2D eigenvalue weighted by Crippen LogP contribution is 2.30. The average Bonchev–Trinajstić information content (AvgIpc) is 3.24. The SMILES string of the molecule is CCNC(=NCc1nc(C(F)(F)F)cs1)NCCCc1nnc2n1CCCCC2.I. The molecule has 7 nitrogen and oxygen atoms in total. The molecule has 3 heterocycles. The zero-order valence-corrected chi connectivity index (χ0v) is 20.0. The molecule has 0 spiro atoms. The molecule has 0 atom stereocenters. The number of guanidine groups is 1. The predicted octanol–water partition coefficient (Wildman–Crippen LogP) is 3.79. The van der Waals surface area contributed by atoms with Gasteiger partial charge in [-0.25, -0.2) is 9.98 Å². The maximum Gasteiger partial charge on any atom is 0.434 e. The van der Waals surface area contributed by atoms with Crippen LogP contribution >= 0.6 is 35.3 Å². The Labute approximate surface area is 195 Å². The lowest BCUT2D eigenvalue weighted by molar-refractivity contribution is -0.140. The molecule has 2 aromatic rings. The lowest BCUT2D eigenvalue weighted by Gasteiger charge is -2.11. The summed E-state index contributed by atoms with van der Waals surface area (Å²) in [7, 11) is 0. The van der Waals surface area contributed by atoms with Crippen LogP contribution in [0.15, 0.2) is 10.4 Å². The maximum atomic E-state index is 12.6. The molecule has 12 heteroatoms. The fourth-order valence-electron chi connectivity index (χ4n) is 3.19. The molecule has 0 bridgehead atoms. The van der Waals surface area contributed by atoms with Crippen LogP contribution in [-0.2, 0) is 32.1 Å². The molecule has 1 aliphatic heterocycles. The molecule has 0 aliphatic carbocycles. The van der Waals surface area contributed by atoms with E-state index in [1.54, 1.807) is 0 Å². The number of nitrogens with one attached hydrogen (secondary N) is 2. The van der Waals surface area contributed by atoms with Crippen LogP contribution in [0.1, 0.15) is 55.0 Å². The summed E-state index contributed by atoms with van der Waals surface area (Å²) >= 11 is 0.966. The van der Waals surface area contributed by atoms with Crippen molar-refractivity contribution in [1.29, 1.82) is 0 Å². The van der Waals surface area contributed by atoms with Crippen molar-refractivity contribution in [2.24, 2.45) is 4.99 Å². The van der Waals surface area contributed by atoms with E-state index in [-0.39, 0.29) is 30.5 Å². The number of alkyl halides is 3. The van der Waals surface area contributed by atoms with Gasteiger partial charge in [0.1, 0.15) is 16.7 Å². The fourth-order valence-corrected chi connectivity index (χ4v) is 3.91. The first-order valence-electron chi connectivity index (χ1n) is 9.92. The highest BCUT2D eigenvalue weighted by atomic mass is 127. The number of halogens is 4. The molecule has 2 N–H and O–H groups in total. The van der Waals surface area contributed by atoms with Crippen LogP contribution in [0.5, 0.6) is 0 Å². The van der Waals surface area contributed by atoms with Crippen molar-refractivity contribution in [3.63, 3.8) is 0 Å². The van der Waals surface area contributed by atoms with E-state index >= 15 is 0 Å². The summed E-state index contributed by atoms with van der Waals surface area (Å²) in [4.78, 5) is 7.94. The first kappa shape index (κ1) is 24.8. The van der Waals surface area contributed by atoms with E-state index in [0.29, 0.717) is 24.1 Å². The van der Waals surface area contributed by atoms with Crippen LogP contribution in [0, 0.1) is 0 Å². The molecule has 1 aliphatic rings. The molecule has 0 unspecified atom stereocenters. The molecule has 0 aromatic carbocycles. The average molecular weight is 557 g/mol. The molecule has 168 valence electrons. The topological polar surface area (TPSA) is 80.0 Å². The Bertz CT molecular complexity index is 819. The van der Waals surface area contributed by atoms with Crippen molar-refractivity contribution >= 4 is 41.3 Å². The number of aromatic nitrogens is 4. The Kier molecular flexibility index (Phi) is 9.78. The zero-order chi connectivity index (χ0) is 20.7. The molecule has 3 rings (SSSR count). The van der Waals surface area contributed by atoms with E-state index in [0.717, 1.165) is 54.2 Å². The quantitative estimate of drug-likeness (QED) is 0.235. The Balaban J connectivity index is 0.00000320. The van der Waals surface area contributed by atoms with Crippen molar-refractivity contribution < 1.29 is 13.2 Å². The van der Waals surface area contributed by atoms with Gasteiger partial charge in [0.05, 0.1) is 6.54 Å². The van der Waals surface area contributed by atoms with E-state index in [2.05, 4.69) is 35.4 Å². The van der Waals surface area contributed by atoms with Gasteiger partial charge < -0.3 is 15.2 Å². The van der Waals surface area contributed by atoms with Gasteiger partial charge in [0.15, 0.2) is 11.7 Å². The number of fused-ring (bicyclic) bond motifs is 1. The third-order valence-corrected chi connectivity index (χ3v) is 5.45. The standard InChI is InChI=1S/C18H26F3N7S.HI/c1-2-22-17(24-11-16-25-13(12-29-16)18(19,20)21)23-9-6-8-15-27-26-14-7-4-3-5-10-28(14)15;/h12H,2-11H2,1H3,(H2,22,23,24);1H. The third-order valence-electron chi connectivity index (χ3n) is 4.61. The van der Waals surface area contributed by atoms with Gasteiger partial charge in [0.25, 0.3) is 0 Å². The minimum atomic E-state index is -4.42. The van der Waals surface area contributed by atoms with Crippen molar-refractivity contribution in [3.8, 4) is 0 Å². The molecule has 2 aromatic heterocycles. The normalized spacial score (nSPS) is 14.6. The second-order valence-corrected chi connectivity index (χ2v) is 7.79. The largest absolute Gasteiger partial charge is 0.434 e. The van der Waals surface area contributed by atoms with E-state index in [1.165, 1.54) is 19.3 Å². The van der Waals surface area contributed by atoms with Crippen molar-refractivity contribution in [2.75, 3.05) is 13.1 Å².